The lowest BCUT2D eigenvalue weighted by atomic mass is 9.88. The van der Waals surface area contributed by atoms with E-state index in [1.165, 1.54) is 29.5 Å². The van der Waals surface area contributed by atoms with E-state index in [2.05, 4.69) is 39.0 Å². The zero-order chi connectivity index (χ0) is 11.1. The molecule has 2 N–H and O–H groups in total. The number of hydrogen-bond donors (Lipinski definition) is 1. The molecule has 0 unspecified atom stereocenters. The van der Waals surface area contributed by atoms with Gasteiger partial charge >= 0.3 is 0 Å². The van der Waals surface area contributed by atoms with Crippen molar-refractivity contribution in [3.8, 4) is 0 Å². The fraction of sp³-hybridized carbons (Fsp3) is 0.571. The molecule has 0 radical (unpaired) electrons. The topological polar surface area (TPSA) is 26.0 Å². The van der Waals surface area contributed by atoms with E-state index in [-0.39, 0.29) is 0 Å². The highest BCUT2D eigenvalue weighted by molar-refractivity contribution is 5.41. The Kier molecular flexibility index (Phi) is 2.59. The molecule has 0 saturated heterocycles. The third-order valence-corrected chi connectivity index (χ3v) is 3.74. The SMILES string of the molecule is Cc1ccc(C(C)C)cc1C1(CN)CC1. The van der Waals surface area contributed by atoms with E-state index in [0.29, 0.717) is 11.3 Å². The average Bonchev–Trinajstić information content (AvgIpc) is 2.99. The van der Waals surface area contributed by atoms with Crippen molar-refractivity contribution in [3.05, 3.63) is 34.9 Å². The highest BCUT2D eigenvalue weighted by Crippen LogP contribution is 2.48. The van der Waals surface area contributed by atoms with Crippen molar-refractivity contribution in [3.63, 3.8) is 0 Å². The molecular weight excluding hydrogens is 182 g/mol. The number of nitrogens with two attached hydrogens (primary N) is 1. The summed E-state index contributed by atoms with van der Waals surface area (Å²) in [7, 11) is 0. The normalized spacial score (nSPS) is 18.2. The molecule has 1 aliphatic carbocycles. The molecule has 0 atom stereocenters. The van der Waals surface area contributed by atoms with Crippen LogP contribution in [0.5, 0.6) is 0 Å². The van der Waals surface area contributed by atoms with Crippen molar-refractivity contribution in [1.29, 1.82) is 0 Å². The van der Waals surface area contributed by atoms with Crippen molar-refractivity contribution in [1.82, 2.24) is 0 Å². The molecule has 15 heavy (non-hydrogen) atoms. The molecule has 0 amide bonds. The Balaban J connectivity index is 2.42. The van der Waals surface area contributed by atoms with Crippen molar-refractivity contribution in [2.24, 2.45) is 5.73 Å². The zero-order valence-corrected chi connectivity index (χ0v) is 10.0. The molecule has 0 bridgehead atoms. The first-order valence-corrected chi connectivity index (χ1v) is 5.90. The lowest BCUT2D eigenvalue weighted by molar-refractivity contribution is 0.695. The average molecular weight is 203 g/mol. The number of hydrogen-bond acceptors (Lipinski definition) is 1. The zero-order valence-electron chi connectivity index (χ0n) is 10.0. The summed E-state index contributed by atoms with van der Waals surface area (Å²) in [4.78, 5) is 0. The van der Waals surface area contributed by atoms with Crippen molar-refractivity contribution in [2.45, 2.75) is 44.9 Å². The van der Waals surface area contributed by atoms with Crippen LogP contribution in [0.1, 0.15) is 49.3 Å². The molecular formula is C14H21N. The van der Waals surface area contributed by atoms with E-state index in [0.717, 1.165) is 6.54 Å². The summed E-state index contributed by atoms with van der Waals surface area (Å²) in [5.41, 5.74) is 10.6. The van der Waals surface area contributed by atoms with Gasteiger partial charge in [-0.25, -0.2) is 0 Å². The first-order valence-electron chi connectivity index (χ1n) is 5.90. The van der Waals surface area contributed by atoms with Gasteiger partial charge < -0.3 is 5.73 Å². The second-order valence-electron chi connectivity index (χ2n) is 5.21. The second-order valence-corrected chi connectivity index (χ2v) is 5.21. The van der Waals surface area contributed by atoms with Crippen molar-refractivity contribution < 1.29 is 0 Å². The summed E-state index contributed by atoms with van der Waals surface area (Å²) < 4.78 is 0. The van der Waals surface area contributed by atoms with E-state index in [9.17, 15) is 0 Å². The van der Waals surface area contributed by atoms with Gasteiger partial charge in [0.05, 0.1) is 0 Å². The summed E-state index contributed by atoms with van der Waals surface area (Å²) in [6.07, 6.45) is 2.54. The molecule has 1 aliphatic rings. The molecule has 0 spiro atoms. The predicted molar refractivity (Wildman–Crippen MR) is 65.2 cm³/mol. The summed E-state index contributed by atoms with van der Waals surface area (Å²) in [6, 6.07) is 6.87. The van der Waals surface area contributed by atoms with E-state index in [1.54, 1.807) is 0 Å². The van der Waals surface area contributed by atoms with Gasteiger partial charge in [0.25, 0.3) is 0 Å². The van der Waals surface area contributed by atoms with Crippen LogP contribution < -0.4 is 5.73 Å². The Labute approximate surface area is 92.7 Å². The van der Waals surface area contributed by atoms with Crippen LogP contribution in [0.2, 0.25) is 0 Å². The minimum atomic E-state index is 0.328. The van der Waals surface area contributed by atoms with Crippen LogP contribution in [0.3, 0.4) is 0 Å². The highest BCUT2D eigenvalue weighted by Gasteiger charge is 2.43. The van der Waals surface area contributed by atoms with Crippen LogP contribution in [0.25, 0.3) is 0 Å². The van der Waals surface area contributed by atoms with Crippen LogP contribution >= 0.6 is 0 Å². The Morgan fingerprint density at radius 2 is 2.00 bits per heavy atom. The number of benzene rings is 1. The largest absolute Gasteiger partial charge is 0.330 e. The monoisotopic (exact) mass is 203 g/mol. The number of rotatable bonds is 3. The van der Waals surface area contributed by atoms with E-state index < -0.39 is 0 Å². The fourth-order valence-corrected chi connectivity index (χ4v) is 2.30. The van der Waals surface area contributed by atoms with E-state index >= 15 is 0 Å². The minimum Gasteiger partial charge on any atom is -0.330 e. The molecule has 0 aliphatic heterocycles. The molecule has 1 fully saturated rings. The van der Waals surface area contributed by atoms with Gasteiger partial charge in [-0.15, -0.1) is 0 Å². The van der Waals surface area contributed by atoms with Crippen LogP contribution in [0.4, 0.5) is 0 Å². The standard InChI is InChI=1S/C14H21N/c1-10(2)12-5-4-11(3)13(8-12)14(9-15)6-7-14/h4-5,8,10H,6-7,9,15H2,1-3H3. The minimum absolute atomic E-state index is 0.328. The predicted octanol–water partition coefficient (Wildman–Crippen LogP) is 3.11. The Morgan fingerprint density at radius 1 is 1.33 bits per heavy atom. The van der Waals surface area contributed by atoms with Crippen molar-refractivity contribution >= 4 is 0 Å². The lowest BCUT2D eigenvalue weighted by Crippen LogP contribution is -2.21. The number of aryl methyl sites for hydroxylation is 1. The Morgan fingerprint density at radius 3 is 2.47 bits per heavy atom. The third-order valence-electron chi connectivity index (χ3n) is 3.74. The molecule has 1 aromatic carbocycles. The van der Waals surface area contributed by atoms with Gasteiger partial charge in [-0.1, -0.05) is 32.0 Å². The maximum absolute atomic E-state index is 5.90. The van der Waals surface area contributed by atoms with Gasteiger partial charge in [0, 0.05) is 12.0 Å². The van der Waals surface area contributed by atoms with Gasteiger partial charge in [-0.3, -0.25) is 0 Å². The van der Waals surface area contributed by atoms with Gasteiger partial charge in [0.15, 0.2) is 0 Å². The molecule has 2 rings (SSSR count). The van der Waals surface area contributed by atoms with Crippen molar-refractivity contribution in [2.75, 3.05) is 6.54 Å². The molecule has 1 nitrogen and oxygen atoms in total. The smallest absolute Gasteiger partial charge is 0.00789 e. The summed E-state index contributed by atoms with van der Waals surface area (Å²) in [5, 5.41) is 0. The first kappa shape index (κ1) is 10.7. The Hall–Kier alpha value is -0.820. The Bertz CT molecular complexity index is 362. The third kappa shape index (κ3) is 1.81. The molecule has 1 heteroatoms. The van der Waals surface area contributed by atoms with Gasteiger partial charge in [-0.2, -0.15) is 0 Å². The fourth-order valence-electron chi connectivity index (χ4n) is 2.30. The molecule has 1 aromatic rings. The quantitative estimate of drug-likeness (QED) is 0.802. The summed E-state index contributed by atoms with van der Waals surface area (Å²) >= 11 is 0. The molecule has 1 saturated carbocycles. The van der Waals surface area contributed by atoms with Gasteiger partial charge in [0.1, 0.15) is 0 Å². The van der Waals surface area contributed by atoms with Gasteiger partial charge in [-0.05, 0) is 42.4 Å². The summed E-state index contributed by atoms with van der Waals surface area (Å²) in [6.45, 7) is 7.50. The van der Waals surface area contributed by atoms with Crippen LogP contribution in [0.15, 0.2) is 18.2 Å². The molecule has 82 valence electrons. The van der Waals surface area contributed by atoms with Crippen LogP contribution in [-0.4, -0.2) is 6.54 Å². The maximum Gasteiger partial charge on any atom is 0.00789 e. The second kappa shape index (κ2) is 3.64. The molecule has 0 heterocycles. The molecule has 0 aromatic heterocycles. The highest BCUT2D eigenvalue weighted by atomic mass is 14.7. The van der Waals surface area contributed by atoms with Crippen LogP contribution in [0, 0.1) is 6.92 Å². The van der Waals surface area contributed by atoms with Crippen LogP contribution in [-0.2, 0) is 5.41 Å². The van der Waals surface area contributed by atoms with E-state index in [4.69, 9.17) is 5.73 Å². The lowest BCUT2D eigenvalue weighted by Gasteiger charge is -2.18. The first-order chi connectivity index (χ1) is 7.09. The van der Waals surface area contributed by atoms with E-state index in [1.807, 2.05) is 0 Å². The maximum atomic E-state index is 5.90. The summed E-state index contributed by atoms with van der Waals surface area (Å²) in [5.74, 6) is 0.609. The van der Waals surface area contributed by atoms with Gasteiger partial charge in [0.2, 0.25) is 0 Å².